The van der Waals surface area contributed by atoms with Crippen LogP contribution in [0.2, 0.25) is 0 Å². The van der Waals surface area contributed by atoms with Crippen molar-refractivity contribution in [1.29, 1.82) is 0 Å². The van der Waals surface area contributed by atoms with Crippen LogP contribution in [-0.2, 0) is 0 Å². The molecule has 2 nitrogen and oxygen atoms in total. The van der Waals surface area contributed by atoms with Gasteiger partial charge in [-0.05, 0) is 38.6 Å². The average Bonchev–Trinajstić information content (AvgIpc) is 2.72. The largest absolute Gasteiger partial charge is 0.330 e. The predicted molar refractivity (Wildman–Crippen MR) is 138 cm³/mol. The van der Waals surface area contributed by atoms with E-state index in [2.05, 4.69) is 21.0 Å². The summed E-state index contributed by atoms with van der Waals surface area (Å²) in [7, 11) is 4.89. The molecule has 0 fully saturated rings. The summed E-state index contributed by atoms with van der Waals surface area (Å²) < 4.78 is 1.24. The minimum absolute atomic E-state index is 0.870. The number of quaternary nitrogens is 1. The minimum atomic E-state index is 0.870. The smallest absolute Gasteiger partial charge is 0.0782 e. The first-order chi connectivity index (χ1) is 14.6. The third-order valence-electron chi connectivity index (χ3n) is 6.83. The highest BCUT2D eigenvalue weighted by Crippen LogP contribution is 2.14. The zero-order valence-electron chi connectivity index (χ0n) is 21.7. The van der Waals surface area contributed by atoms with Gasteiger partial charge in [0.25, 0.3) is 0 Å². The Kier molecular flexibility index (Phi) is 23.5. The number of nitrogens with zero attached hydrogens (tertiary/aromatic N) is 1. The lowest BCUT2D eigenvalue weighted by Gasteiger charge is -2.30. The van der Waals surface area contributed by atoms with E-state index in [9.17, 15) is 0 Å². The molecule has 0 amide bonds. The molecule has 0 unspecified atom stereocenters. The zero-order valence-corrected chi connectivity index (χ0v) is 21.7. The van der Waals surface area contributed by atoms with E-state index >= 15 is 0 Å². The highest BCUT2D eigenvalue weighted by Gasteiger charge is 2.13. The number of rotatable bonds is 25. The SMILES string of the molecule is CCCCCCCCCCCC[N+](C)(C)CCCCCCCCCCCCCCN. The number of hydrogen-bond donors (Lipinski definition) is 1. The lowest BCUT2D eigenvalue weighted by atomic mass is 10.0. The summed E-state index contributed by atoms with van der Waals surface area (Å²) in [6.07, 6.45) is 31.4. The summed E-state index contributed by atoms with van der Waals surface area (Å²) in [6, 6.07) is 0. The summed E-state index contributed by atoms with van der Waals surface area (Å²) in [6.45, 7) is 5.92. The van der Waals surface area contributed by atoms with Crippen LogP contribution in [0.4, 0.5) is 0 Å². The van der Waals surface area contributed by atoms with E-state index in [0.29, 0.717) is 0 Å². The fraction of sp³-hybridized carbons (Fsp3) is 1.00. The quantitative estimate of drug-likeness (QED) is 0.115. The van der Waals surface area contributed by atoms with Crippen LogP contribution < -0.4 is 5.73 Å². The Morgan fingerprint density at radius 3 is 0.967 bits per heavy atom. The second-order valence-corrected chi connectivity index (χ2v) is 10.6. The van der Waals surface area contributed by atoms with Crippen molar-refractivity contribution in [2.75, 3.05) is 33.7 Å². The van der Waals surface area contributed by atoms with Crippen molar-refractivity contribution in [3.63, 3.8) is 0 Å². The Morgan fingerprint density at radius 1 is 0.400 bits per heavy atom. The Morgan fingerprint density at radius 2 is 0.667 bits per heavy atom. The van der Waals surface area contributed by atoms with E-state index in [1.165, 1.54) is 159 Å². The molecule has 0 saturated carbocycles. The first-order valence-corrected chi connectivity index (χ1v) is 14.1. The molecule has 0 bridgehead atoms. The van der Waals surface area contributed by atoms with Gasteiger partial charge in [0.1, 0.15) is 0 Å². The fourth-order valence-corrected chi connectivity index (χ4v) is 4.59. The van der Waals surface area contributed by atoms with Crippen molar-refractivity contribution in [1.82, 2.24) is 0 Å². The van der Waals surface area contributed by atoms with Crippen molar-refractivity contribution in [3.8, 4) is 0 Å². The second-order valence-electron chi connectivity index (χ2n) is 10.6. The van der Waals surface area contributed by atoms with E-state index in [4.69, 9.17) is 5.73 Å². The molecule has 0 saturated heterocycles. The summed E-state index contributed by atoms with van der Waals surface area (Å²) in [5.74, 6) is 0. The van der Waals surface area contributed by atoms with Crippen molar-refractivity contribution in [3.05, 3.63) is 0 Å². The van der Waals surface area contributed by atoms with E-state index in [0.717, 1.165) is 6.54 Å². The fourth-order valence-electron chi connectivity index (χ4n) is 4.59. The van der Waals surface area contributed by atoms with Crippen LogP contribution in [0, 0.1) is 0 Å². The maximum absolute atomic E-state index is 5.54. The summed E-state index contributed by atoms with van der Waals surface area (Å²) in [4.78, 5) is 0. The van der Waals surface area contributed by atoms with Crippen LogP contribution in [-0.4, -0.2) is 38.2 Å². The maximum atomic E-state index is 5.54. The lowest BCUT2D eigenvalue weighted by molar-refractivity contribution is -0.890. The second kappa shape index (κ2) is 23.6. The molecule has 0 rings (SSSR count). The first kappa shape index (κ1) is 29.9. The Hall–Kier alpha value is -0.0800. The topological polar surface area (TPSA) is 26.0 Å². The number of hydrogen-bond acceptors (Lipinski definition) is 1. The van der Waals surface area contributed by atoms with Gasteiger partial charge >= 0.3 is 0 Å². The molecule has 0 aromatic heterocycles. The van der Waals surface area contributed by atoms with Crippen LogP contribution >= 0.6 is 0 Å². The highest BCUT2D eigenvalue weighted by molar-refractivity contribution is 4.51. The molecule has 0 aromatic carbocycles. The van der Waals surface area contributed by atoms with Crippen molar-refractivity contribution < 1.29 is 4.48 Å². The Balaban J connectivity index is 3.29. The van der Waals surface area contributed by atoms with Gasteiger partial charge < -0.3 is 10.2 Å². The molecule has 0 atom stereocenters. The van der Waals surface area contributed by atoms with Gasteiger partial charge in [-0.25, -0.2) is 0 Å². The molecule has 0 aliphatic rings. The standard InChI is InChI=1S/C28H61N2/c1-4-5-6-7-8-9-15-18-21-24-27-30(2,3)28-25-22-19-16-13-11-10-12-14-17-20-23-26-29/h4-29H2,1-3H3/q+1. The van der Waals surface area contributed by atoms with Crippen molar-refractivity contribution in [2.24, 2.45) is 5.73 Å². The van der Waals surface area contributed by atoms with E-state index in [-0.39, 0.29) is 0 Å². The minimum Gasteiger partial charge on any atom is -0.330 e. The average molecular weight is 426 g/mol. The molecule has 2 N–H and O–H groups in total. The van der Waals surface area contributed by atoms with Crippen LogP contribution in [0.15, 0.2) is 0 Å². The van der Waals surface area contributed by atoms with E-state index in [1.54, 1.807) is 0 Å². The first-order valence-electron chi connectivity index (χ1n) is 14.1. The molecule has 0 aliphatic carbocycles. The molecule has 0 radical (unpaired) electrons. The molecule has 0 heterocycles. The van der Waals surface area contributed by atoms with Gasteiger partial charge in [0, 0.05) is 0 Å². The van der Waals surface area contributed by atoms with Crippen LogP contribution in [0.1, 0.15) is 148 Å². The normalized spacial score (nSPS) is 12.0. The van der Waals surface area contributed by atoms with Gasteiger partial charge in [-0.1, -0.05) is 116 Å². The van der Waals surface area contributed by atoms with Crippen LogP contribution in [0.25, 0.3) is 0 Å². The van der Waals surface area contributed by atoms with Gasteiger partial charge in [-0.2, -0.15) is 0 Å². The maximum Gasteiger partial charge on any atom is 0.0782 e. The monoisotopic (exact) mass is 425 g/mol. The molecular formula is C28H61N2+. The Labute approximate surface area is 192 Å². The molecule has 0 aliphatic heterocycles. The number of nitrogens with two attached hydrogens (primary N) is 1. The zero-order chi connectivity index (χ0) is 22.2. The molecule has 30 heavy (non-hydrogen) atoms. The predicted octanol–water partition coefficient (Wildman–Crippen LogP) is 8.62. The van der Waals surface area contributed by atoms with Gasteiger partial charge in [0.15, 0.2) is 0 Å². The molecule has 2 heteroatoms. The third-order valence-corrected chi connectivity index (χ3v) is 6.83. The lowest BCUT2D eigenvalue weighted by Crippen LogP contribution is -2.41. The highest BCUT2D eigenvalue weighted by atomic mass is 15.3. The summed E-state index contributed by atoms with van der Waals surface area (Å²) >= 11 is 0. The van der Waals surface area contributed by atoms with Gasteiger partial charge in [0.05, 0.1) is 27.2 Å². The van der Waals surface area contributed by atoms with Crippen molar-refractivity contribution in [2.45, 2.75) is 148 Å². The van der Waals surface area contributed by atoms with Crippen molar-refractivity contribution >= 4 is 0 Å². The molecular weight excluding hydrogens is 364 g/mol. The summed E-state index contributed by atoms with van der Waals surface area (Å²) in [5, 5.41) is 0. The molecule has 0 spiro atoms. The molecule has 182 valence electrons. The van der Waals surface area contributed by atoms with E-state index < -0.39 is 0 Å². The number of unbranched alkanes of at least 4 members (excludes halogenated alkanes) is 20. The summed E-state index contributed by atoms with van der Waals surface area (Å²) in [5.41, 5.74) is 5.54. The van der Waals surface area contributed by atoms with Crippen LogP contribution in [0.5, 0.6) is 0 Å². The Bertz CT molecular complexity index is 314. The van der Waals surface area contributed by atoms with Gasteiger partial charge in [-0.3, -0.25) is 0 Å². The third kappa shape index (κ3) is 24.2. The van der Waals surface area contributed by atoms with Gasteiger partial charge in [0.2, 0.25) is 0 Å². The van der Waals surface area contributed by atoms with Gasteiger partial charge in [-0.15, -0.1) is 0 Å². The van der Waals surface area contributed by atoms with Crippen LogP contribution in [0.3, 0.4) is 0 Å². The van der Waals surface area contributed by atoms with E-state index in [1.807, 2.05) is 0 Å². The molecule has 0 aromatic rings.